The molecule has 180 valence electrons. The number of nitrogens with zero attached hydrogens (tertiary/aromatic N) is 4. The van der Waals surface area contributed by atoms with Crippen molar-refractivity contribution in [3.63, 3.8) is 0 Å². The number of allylic oxidation sites excluding steroid dienone is 4. The molecule has 33 heavy (non-hydrogen) atoms. The molecule has 0 saturated carbocycles. The normalized spacial score (nSPS) is 18.2. The molecule has 2 atom stereocenters. The first-order valence-corrected chi connectivity index (χ1v) is 11.5. The van der Waals surface area contributed by atoms with E-state index in [2.05, 4.69) is 21.8 Å². The van der Waals surface area contributed by atoms with Crippen molar-refractivity contribution in [2.24, 2.45) is 4.99 Å². The second kappa shape index (κ2) is 12.7. The summed E-state index contributed by atoms with van der Waals surface area (Å²) in [5.41, 5.74) is -0.526. The number of carbonyl (C=O) groups excluding carboxylic acids is 1. The number of carbonyl (C=O) groups is 1. The first-order chi connectivity index (χ1) is 15.9. The van der Waals surface area contributed by atoms with Crippen molar-refractivity contribution < 1.29 is 10.6 Å². The molecule has 2 unspecified atom stereocenters. The van der Waals surface area contributed by atoms with Crippen LogP contribution < -0.4 is 5.32 Å². The zero-order chi connectivity index (χ0) is 24.3. The first kappa shape index (κ1) is 26.0. The minimum atomic E-state index is -1.64. The summed E-state index contributed by atoms with van der Waals surface area (Å²) in [6, 6.07) is 3.31. The van der Waals surface area contributed by atoms with Crippen molar-refractivity contribution in [1.82, 2.24) is 14.8 Å². The molecule has 2 rings (SSSR count). The van der Waals surface area contributed by atoms with Crippen molar-refractivity contribution in [1.29, 1.82) is 0 Å². The van der Waals surface area contributed by atoms with Gasteiger partial charge in [0.25, 0.3) is 0 Å². The van der Waals surface area contributed by atoms with E-state index in [4.69, 9.17) is 4.99 Å². The van der Waals surface area contributed by atoms with Crippen molar-refractivity contribution >= 4 is 17.4 Å². The third-order valence-electron chi connectivity index (χ3n) is 5.59. The summed E-state index contributed by atoms with van der Waals surface area (Å²) in [6.45, 7) is 13.7. The Balaban J connectivity index is 0.00000578. The highest BCUT2D eigenvalue weighted by Crippen LogP contribution is 2.29. The predicted molar refractivity (Wildman–Crippen MR) is 137 cm³/mol. The third kappa shape index (κ3) is 6.88. The van der Waals surface area contributed by atoms with E-state index >= 15 is 0 Å². The molecule has 1 amide bonds. The van der Waals surface area contributed by atoms with Crippen LogP contribution in [0.1, 0.15) is 41.2 Å². The number of pyridine rings is 1. The van der Waals surface area contributed by atoms with Crippen LogP contribution in [0.5, 0.6) is 0 Å². The molecular formula is C26H38FN5O. The van der Waals surface area contributed by atoms with Gasteiger partial charge in [-0.2, -0.15) is 0 Å². The minimum absolute atomic E-state index is 0. The fourth-order valence-electron chi connectivity index (χ4n) is 3.64. The standard InChI is InChI=1S/C26H36FN5O.H2/c1-6-11-22(30-21-13-14-23(29-20-21)26(27,9-4)10-5)25(28-15-8-3)32-18-16-31(17-19-32)24(33)12-7-2;/h6-9,11-15,20,22,30H,4,10,16-19H2,1-3,5H3;1H/b11-6-,12-7+,15-8-,28-25?;. The Bertz CT molecular complexity index is 904. The maximum atomic E-state index is 14.9. The molecular weight excluding hydrogens is 417 g/mol. The summed E-state index contributed by atoms with van der Waals surface area (Å²) in [4.78, 5) is 25.3. The van der Waals surface area contributed by atoms with Crippen LogP contribution >= 0.6 is 0 Å². The number of aliphatic imine (C=N–C) groups is 1. The summed E-state index contributed by atoms with van der Waals surface area (Å²) < 4.78 is 14.9. The second-order valence-corrected chi connectivity index (χ2v) is 7.78. The smallest absolute Gasteiger partial charge is 0.246 e. The fraction of sp³-hybridized carbons (Fsp3) is 0.423. The monoisotopic (exact) mass is 455 g/mol. The summed E-state index contributed by atoms with van der Waals surface area (Å²) in [5, 5.41) is 3.46. The molecule has 0 bridgehead atoms. The van der Waals surface area contributed by atoms with E-state index in [1.165, 1.54) is 6.08 Å². The molecule has 1 saturated heterocycles. The molecule has 0 spiro atoms. The van der Waals surface area contributed by atoms with Crippen LogP contribution in [0.2, 0.25) is 0 Å². The molecule has 0 aliphatic carbocycles. The molecule has 2 heterocycles. The number of hydrogen-bond acceptors (Lipinski definition) is 4. The number of amidine groups is 1. The van der Waals surface area contributed by atoms with Gasteiger partial charge in [-0.25, -0.2) is 9.38 Å². The van der Waals surface area contributed by atoms with Crippen molar-refractivity contribution in [3.05, 3.63) is 73.3 Å². The number of piperazine rings is 1. The quantitative estimate of drug-likeness (QED) is 0.244. The van der Waals surface area contributed by atoms with E-state index in [-0.39, 0.29) is 19.8 Å². The van der Waals surface area contributed by atoms with E-state index in [9.17, 15) is 9.18 Å². The van der Waals surface area contributed by atoms with Gasteiger partial charge < -0.3 is 15.1 Å². The van der Waals surface area contributed by atoms with E-state index in [1.54, 1.807) is 37.5 Å². The number of alkyl halides is 1. The van der Waals surface area contributed by atoms with Gasteiger partial charge in [0.1, 0.15) is 11.9 Å². The Hall–Kier alpha value is -3.22. The molecule has 0 aromatic carbocycles. The molecule has 6 nitrogen and oxygen atoms in total. The Labute approximate surface area is 198 Å². The lowest BCUT2D eigenvalue weighted by Crippen LogP contribution is -2.53. The van der Waals surface area contributed by atoms with Gasteiger partial charge in [0.2, 0.25) is 5.91 Å². The van der Waals surface area contributed by atoms with E-state index in [0.29, 0.717) is 31.9 Å². The SMILES string of the molecule is C=CC(F)(CC)c1ccc(NC(/C=C\C)C(=N/C=C\C)N2CCN(C(=O)/C=C/C)CC2)cn1.[HH]. The van der Waals surface area contributed by atoms with Crippen LogP contribution in [0, 0.1) is 0 Å². The average molecular weight is 456 g/mol. The summed E-state index contributed by atoms with van der Waals surface area (Å²) in [5.74, 6) is 0.891. The van der Waals surface area contributed by atoms with Crippen LogP contribution in [0.15, 0.2) is 72.6 Å². The lowest BCUT2D eigenvalue weighted by atomic mass is 9.98. The second-order valence-electron chi connectivity index (χ2n) is 7.78. The number of rotatable bonds is 9. The van der Waals surface area contributed by atoms with Crippen molar-refractivity contribution in [3.8, 4) is 0 Å². The number of anilines is 1. The fourth-order valence-corrected chi connectivity index (χ4v) is 3.64. The first-order valence-electron chi connectivity index (χ1n) is 11.5. The van der Waals surface area contributed by atoms with Crippen molar-refractivity contribution in [2.45, 2.75) is 45.8 Å². The van der Waals surface area contributed by atoms with Crippen LogP contribution in [0.3, 0.4) is 0 Å². The van der Waals surface area contributed by atoms with Gasteiger partial charge in [0, 0.05) is 33.8 Å². The zero-order valence-electron chi connectivity index (χ0n) is 20.2. The molecule has 1 fully saturated rings. The van der Waals surface area contributed by atoms with E-state index in [0.717, 1.165) is 11.5 Å². The molecule has 0 radical (unpaired) electrons. The molecule has 1 aliphatic heterocycles. The average Bonchev–Trinajstić information content (AvgIpc) is 2.84. The molecule has 1 aliphatic rings. The summed E-state index contributed by atoms with van der Waals surface area (Å²) in [7, 11) is 0. The Kier molecular flexibility index (Phi) is 10.0. The lowest BCUT2D eigenvalue weighted by Gasteiger charge is -2.38. The van der Waals surface area contributed by atoms with E-state index in [1.807, 2.05) is 50.0 Å². The number of amides is 1. The van der Waals surface area contributed by atoms with Gasteiger partial charge in [-0.05, 0) is 51.5 Å². The van der Waals surface area contributed by atoms with Gasteiger partial charge in [-0.15, -0.1) is 0 Å². The van der Waals surface area contributed by atoms with Gasteiger partial charge in [-0.1, -0.05) is 37.8 Å². The minimum Gasteiger partial charge on any atom is -0.371 e. The third-order valence-corrected chi connectivity index (χ3v) is 5.59. The number of halogens is 1. The van der Waals surface area contributed by atoms with Gasteiger partial charge in [0.05, 0.1) is 17.6 Å². The molecule has 1 aromatic rings. The van der Waals surface area contributed by atoms with Crippen LogP contribution in [0.25, 0.3) is 0 Å². The number of nitrogens with one attached hydrogen (secondary N) is 1. The Morgan fingerprint density at radius 3 is 2.45 bits per heavy atom. The van der Waals surface area contributed by atoms with Gasteiger partial charge in [0.15, 0.2) is 5.67 Å². The largest absolute Gasteiger partial charge is 0.371 e. The van der Waals surface area contributed by atoms with Crippen molar-refractivity contribution in [2.75, 3.05) is 31.5 Å². The summed E-state index contributed by atoms with van der Waals surface area (Å²) in [6.07, 6.45) is 14.2. The maximum absolute atomic E-state index is 14.9. The van der Waals surface area contributed by atoms with Gasteiger partial charge in [-0.3, -0.25) is 9.78 Å². The predicted octanol–water partition coefficient (Wildman–Crippen LogP) is 5.10. The highest BCUT2D eigenvalue weighted by molar-refractivity contribution is 5.93. The topological polar surface area (TPSA) is 60.8 Å². The molecule has 1 N–H and O–H groups in total. The summed E-state index contributed by atoms with van der Waals surface area (Å²) >= 11 is 0. The maximum Gasteiger partial charge on any atom is 0.246 e. The van der Waals surface area contributed by atoms with E-state index < -0.39 is 5.67 Å². The highest BCUT2D eigenvalue weighted by Gasteiger charge is 2.28. The molecule has 1 aromatic heterocycles. The van der Waals surface area contributed by atoms with Crippen LogP contribution in [-0.4, -0.2) is 58.7 Å². The van der Waals surface area contributed by atoms with Gasteiger partial charge >= 0.3 is 0 Å². The number of hydrogen-bond donors (Lipinski definition) is 1. The number of aromatic nitrogens is 1. The highest BCUT2D eigenvalue weighted by atomic mass is 19.1. The van der Waals surface area contributed by atoms with Crippen LogP contribution in [0.4, 0.5) is 10.1 Å². The molecule has 7 heteroatoms. The Morgan fingerprint density at radius 1 is 1.24 bits per heavy atom. The lowest BCUT2D eigenvalue weighted by molar-refractivity contribution is -0.127. The van der Waals surface area contributed by atoms with Crippen LogP contribution in [-0.2, 0) is 10.5 Å². The Morgan fingerprint density at radius 2 is 1.94 bits per heavy atom. The zero-order valence-corrected chi connectivity index (χ0v) is 20.2.